The second kappa shape index (κ2) is 9.44. The molecule has 0 saturated heterocycles. The largest absolute Gasteiger partial charge is 0.509 e. The molecule has 0 spiro atoms. The first-order chi connectivity index (χ1) is 17.7. The third-order valence-electron chi connectivity index (χ3n) is 7.62. The molecule has 4 atom stereocenters. The number of Topliss-reactive ketones (excluding diaryl/α,β-unsaturated/α-hetero) is 1. The number of amides is 3. The third kappa shape index (κ3) is 4.09. The zero-order valence-corrected chi connectivity index (χ0v) is 21.5. The number of nitrogens with zero attached hydrogens (tertiary/aromatic N) is 1. The summed E-state index contributed by atoms with van der Waals surface area (Å²) in [5, 5.41) is 49.7. The van der Waals surface area contributed by atoms with E-state index in [0.29, 0.717) is 17.6 Å². The van der Waals surface area contributed by atoms with Crippen LogP contribution in [0.4, 0.5) is 5.69 Å². The Balaban J connectivity index is 1.77. The van der Waals surface area contributed by atoms with Crippen LogP contribution in [0, 0.1) is 11.8 Å². The van der Waals surface area contributed by atoms with Gasteiger partial charge in [0.05, 0.1) is 11.7 Å². The number of anilines is 1. The quantitative estimate of drug-likeness (QED) is 0.159. The Morgan fingerprint density at radius 1 is 1.11 bits per heavy atom. The molecule has 0 bridgehead atoms. The van der Waals surface area contributed by atoms with Crippen molar-refractivity contribution in [2.75, 3.05) is 19.4 Å². The minimum Gasteiger partial charge on any atom is -0.509 e. The lowest BCUT2D eigenvalue weighted by Crippen LogP contribution is -2.62. The van der Waals surface area contributed by atoms with Crippen LogP contribution < -0.4 is 16.4 Å². The van der Waals surface area contributed by atoms with Crippen LogP contribution in [0.25, 0.3) is 0 Å². The van der Waals surface area contributed by atoms with Gasteiger partial charge in [0.1, 0.15) is 22.8 Å². The van der Waals surface area contributed by atoms with Gasteiger partial charge in [-0.05, 0) is 63.9 Å². The molecule has 0 aliphatic heterocycles. The van der Waals surface area contributed by atoms with Crippen molar-refractivity contribution in [1.82, 2.24) is 10.2 Å². The Morgan fingerprint density at radius 2 is 1.76 bits per heavy atom. The second-order valence-corrected chi connectivity index (χ2v) is 10.6. The van der Waals surface area contributed by atoms with Crippen LogP contribution in [0.1, 0.15) is 31.4 Å². The number of allylic oxidation sites excluding steroid dienone is 1. The van der Waals surface area contributed by atoms with Crippen LogP contribution in [0.3, 0.4) is 0 Å². The first-order valence-corrected chi connectivity index (χ1v) is 12.2. The predicted molar refractivity (Wildman–Crippen MR) is 135 cm³/mol. The number of nitrogens with one attached hydrogen (secondary N) is 2. The zero-order chi connectivity index (χ0) is 28.3. The maximum absolute atomic E-state index is 13.1. The number of benzene rings is 1. The van der Waals surface area contributed by atoms with E-state index in [1.807, 2.05) is 0 Å². The van der Waals surface area contributed by atoms with Crippen LogP contribution in [0.15, 0.2) is 34.8 Å². The van der Waals surface area contributed by atoms with E-state index in [2.05, 4.69) is 10.6 Å². The number of carbonyl (C=O) groups is 4. The number of nitrogens with two attached hydrogens (primary N) is 1. The van der Waals surface area contributed by atoms with E-state index in [9.17, 15) is 39.6 Å². The van der Waals surface area contributed by atoms with E-state index in [-0.39, 0.29) is 36.2 Å². The SMILES string of the molecule is CC(C)NC(=O)C(=O)Nc1ccc2c(c1O)CC1=C(O)C3(O)C(O)=C(C(N)=O)C(=O)[C@@H](N(C)C)C3CC1C2. The van der Waals surface area contributed by atoms with E-state index in [4.69, 9.17) is 5.73 Å². The molecule has 8 N–H and O–H groups in total. The summed E-state index contributed by atoms with van der Waals surface area (Å²) in [6, 6.07) is 1.87. The van der Waals surface area contributed by atoms with Gasteiger partial charge in [0.15, 0.2) is 11.4 Å². The van der Waals surface area contributed by atoms with Crippen molar-refractivity contribution in [1.29, 1.82) is 0 Å². The van der Waals surface area contributed by atoms with E-state index in [1.165, 1.54) is 11.0 Å². The maximum Gasteiger partial charge on any atom is 0.313 e. The standard InChI is InChI=1S/C26H32N4O8/c1-10(2)28-24(36)25(37)29-16-6-5-11-7-12-8-15-18(30(3)4)20(32)17(23(27)35)22(34)26(15,38)21(33)14(12)9-13(11)19(16)31/h5-6,10,12,15,18,31,33-34,38H,7-9H2,1-4H3,(H2,27,35)(H,28,36)(H,29,37)/t12?,15?,18-,26?/m0/s1. The van der Waals surface area contributed by atoms with Crippen molar-refractivity contribution < 1.29 is 39.6 Å². The van der Waals surface area contributed by atoms with E-state index < -0.39 is 58.2 Å². The van der Waals surface area contributed by atoms with Crippen LogP contribution in [-0.2, 0) is 32.0 Å². The fraction of sp³-hybridized carbons (Fsp3) is 0.462. The van der Waals surface area contributed by atoms with Gasteiger partial charge in [0.25, 0.3) is 5.91 Å². The summed E-state index contributed by atoms with van der Waals surface area (Å²) in [6.07, 6.45) is 0.474. The lowest BCUT2D eigenvalue weighted by atomic mass is 9.59. The number of phenolic OH excluding ortho intramolecular Hbond substituents is 1. The molecule has 1 aromatic carbocycles. The monoisotopic (exact) mass is 528 g/mol. The summed E-state index contributed by atoms with van der Waals surface area (Å²) in [7, 11) is 3.18. The first-order valence-electron chi connectivity index (χ1n) is 12.2. The molecule has 3 amide bonds. The highest BCUT2D eigenvalue weighted by Crippen LogP contribution is 2.53. The summed E-state index contributed by atoms with van der Waals surface area (Å²) in [6.45, 7) is 3.40. The van der Waals surface area contributed by atoms with Gasteiger partial charge in [-0.2, -0.15) is 0 Å². The number of hydrogen-bond acceptors (Lipinski definition) is 9. The van der Waals surface area contributed by atoms with Gasteiger partial charge in [0, 0.05) is 23.9 Å². The highest BCUT2D eigenvalue weighted by atomic mass is 16.4. The highest BCUT2D eigenvalue weighted by Gasteiger charge is 2.61. The Hall–Kier alpha value is -3.90. The average Bonchev–Trinajstić information content (AvgIpc) is 2.82. The molecular weight excluding hydrogens is 496 g/mol. The van der Waals surface area contributed by atoms with Crippen molar-refractivity contribution in [3.8, 4) is 5.75 Å². The van der Waals surface area contributed by atoms with Crippen molar-refractivity contribution in [3.05, 3.63) is 45.9 Å². The molecule has 12 heteroatoms. The van der Waals surface area contributed by atoms with Crippen LogP contribution in [0.2, 0.25) is 0 Å². The van der Waals surface area contributed by atoms with Gasteiger partial charge in [-0.3, -0.25) is 24.1 Å². The highest BCUT2D eigenvalue weighted by molar-refractivity contribution is 6.39. The Bertz CT molecular complexity index is 1310. The first kappa shape index (κ1) is 27.1. The van der Waals surface area contributed by atoms with Crippen molar-refractivity contribution in [3.63, 3.8) is 0 Å². The summed E-state index contributed by atoms with van der Waals surface area (Å²) >= 11 is 0. The fourth-order valence-corrected chi connectivity index (χ4v) is 5.91. The molecule has 0 radical (unpaired) electrons. The van der Waals surface area contributed by atoms with Crippen LogP contribution in [-0.4, -0.2) is 80.6 Å². The van der Waals surface area contributed by atoms with Crippen molar-refractivity contribution >= 4 is 29.2 Å². The Labute approximate surface area is 218 Å². The van der Waals surface area contributed by atoms with Crippen LogP contribution in [0.5, 0.6) is 5.75 Å². The number of aliphatic hydroxyl groups is 3. The lowest BCUT2D eigenvalue weighted by Gasteiger charge is -2.50. The minimum atomic E-state index is -2.44. The Morgan fingerprint density at radius 3 is 2.34 bits per heavy atom. The van der Waals surface area contributed by atoms with Crippen LogP contribution >= 0.6 is 0 Å². The molecule has 0 heterocycles. The summed E-state index contributed by atoms with van der Waals surface area (Å²) < 4.78 is 0. The van der Waals surface area contributed by atoms with Crippen molar-refractivity contribution in [2.45, 2.75) is 50.8 Å². The van der Waals surface area contributed by atoms with Crippen molar-refractivity contribution in [2.24, 2.45) is 17.6 Å². The number of ketones is 1. The molecule has 0 saturated carbocycles. The zero-order valence-electron chi connectivity index (χ0n) is 21.5. The smallest absolute Gasteiger partial charge is 0.313 e. The molecule has 38 heavy (non-hydrogen) atoms. The number of aliphatic hydroxyl groups excluding tert-OH is 2. The molecule has 0 aromatic heterocycles. The normalized spacial score (nSPS) is 26.6. The number of carbonyl (C=O) groups excluding carboxylic acids is 4. The number of rotatable bonds is 4. The second-order valence-electron chi connectivity index (χ2n) is 10.6. The number of hydrogen-bond donors (Lipinski definition) is 7. The van der Waals surface area contributed by atoms with Gasteiger partial charge < -0.3 is 36.8 Å². The third-order valence-corrected chi connectivity index (χ3v) is 7.62. The van der Waals surface area contributed by atoms with E-state index in [0.717, 1.165) is 5.56 Å². The van der Waals surface area contributed by atoms with E-state index in [1.54, 1.807) is 34.0 Å². The summed E-state index contributed by atoms with van der Waals surface area (Å²) in [4.78, 5) is 50.9. The van der Waals surface area contributed by atoms with Gasteiger partial charge in [0.2, 0.25) is 0 Å². The van der Waals surface area contributed by atoms with Gasteiger partial charge in [-0.15, -0.1) is 0 Å². The van der Waals surface area contributed by atoms with Gasteiger partial charge >= 0.3 is 11.8 Å². The molecule has 12 nitrogen and oxygen atoms in total. The number of phenols is 1. The summed E-state index contributed by atoms with van der Waals surface area (Å²) in [5.41, 5.74) is 3.54. The predicted octanol–water partition coefficient (Wildman–Crippen LogP) is -0.0565. The van der Waals surface area contributed by atoms with Gasteiger partial charge in [-0.25, -0.2) is 0 Å². The number of primary amides is 1. The summed E-state index contributed by atoms with van der Waals surface area (Å²) in [5.74, 6) is -7.01. The minimum absolute atomic E-state index is 0.00622. The average molecular weight is 529 g/mol. The molecule has 1 aromatic rings. The molecule has 3 aliphatic carbocycles. The molecule has 3 unspecified atom stereocenters. The van der Waals surface area contributed by atoms with E-state index >= 15 is 0 Å². The molecular formula is C26H32N4O8. The Kier molecular flexibility index (Phi) is 6.74. The topological polar surface area (TPSA) is 203 Å². The molecule has 0 fully saturated rings. The number of aromatic hydroxyl groups is 1. The number of likely N-dealkylation sites (N-methyl/N-ethyl adjacent to an activating group) is 1. The molecule has 3 aliphatic rings. The lowest BCUT2D eigenvalue weighted by molar-refractivity contribution is -0.136. The fourth-order valence-electron chi connectivity index (χ4n) is 5.91. The molecule has 4 rings (SSSR count). The number of fused-ring (bicyclic) bond motifs is 3. The molecule has 204 valence electrons. The maximum atomic E-state index is 13.1. The van der Waals surface area contributed by atoms with Gasteiger partial charge in [-0.1, -0.05) is 6.07 Å².